The predicted octanol–water partition coefficient (Wildman–Crippen LogP) is 3.35. The smallest absolute Gasteiger partial charge is 0.0456 e. The quantitative estimate of drug-likeness (QED) is 0.888. The van der Waals surface area contributed by atoms with Crippen molar-refractivity contribution >= 4 is 26.8 Å². The van der Waals surface area contributed by atoms with Crippen molar-refractivity contribution in [1.29, 1.82) is 0 Å². The first kappa shape index (κ1) is 10.4. The van der Waals surface area contributed by atoms with Crippen LogP contribution in [0.4, 0.5) is 0 Å². The minimum atomic E-state index is 0.151. The number of aromatic amines is 1. The van der Waals surface area contributed by atoms with Crippen LogP contribution >= 0.6 is 15.9 Å². The van der Waals surface area contributed by atoms with E-state index in [9.17, 15) is 0 Å². The lowest BCUT2D eigenvalue weighted by molar-refractivity contribution is 0.605. The first-order valence-electron chi connectivity index (χ1n) is 5.71. The minimum Gasteiger partial charge on any atom is -0.358 e. The number of rotatable bonds is 3. The number of fused-ring (bicyclic) bond motifs is 1. The first-order valence-corrected chi connectivity index (χ1v) is 6.50. The lowest BCUT2D eigenvalue weighted by atomic mass is 10.1. The fourth-order valence-electron chi connectivity index (χ4n) is 2.09. The van der Waals surface area contributed by atoms with E-state index in [0.29, 0.717) is 0 Å². The van der Waals surface area contributed by atoms with Gasteiger partial charge in [-0.3, -0.25) is 0 Å². The number of benzene rings is 1. The minimum absolute atomic E-state index is 0.151. The molecule has 1 heterocycles. The van der Waals surface area contributed by atoms with Crippen molar-refractivity contribution in [3.05, 3.63) is 34.4 Å². The van der Waals surface area contributed by atoms with E-state index >= 15 is 0 Å². The van der Waals surface area contributed by atoms with Crippen molar-refractivity contribution < 1.29 is 0 Å². The molecule has 3 rings (SSSR count). The van der Waals surface area contributed by atoms with Crippen LogP contribution in [0.15, 0.2) is 28.7 Å². The monoisotopic (exact) mass is 278 g/mol. The fraction of sp³-hybridized carbons (Fsp3) is 0.385. The van der Waals surface area contributed by atoms with E-state index in [0.717, 1.165) is 17.3 Å². The van der Waals surface area contributed by atoms with Crippen molar-refractivity contribution in [3.63, 3.8) is 0 Å². The second-order valence-corrected chi connectivity index (χ2v) is 5.80. The molecular weight excluding hydrogens is 264 g/mol. The molecular formula is C13H15BrN2. The van der Waals surface area contributed by atoms with Crippen molar-refractivity contribution in [1.82, 2.24) is 4.98 Å². The summed E-state index contributed by atoms with van der Waals surface area (Å²) in [5.41, 5.74) is 8.75. The summed E-state index contributed by atoms with van der Waals surface area (Å²) in [6.45, 7) is 0. The number of halogens is 1. The van der Waals surface area contributed by atoms with Gasteiger partial charge in [0, 0.05) is 26.6 Å². The van der Waals surface area contributed by atoms with E-state index in [1.54, 1.807) is 0 Å². The topological polar surface area (TPSA) is 41.8 Å². The Kier molecular flexibility index (Phi) is 2.33. The Labute approximate surface area is 103 Å². The molecule has 1 aromatic carbocycles. The van der Waals surface area contributed by atoms with Gasteiger partial charge in [-0.25, -0.2) is 0 Å². The second-order valence-electron chi connectivity index (χ2n) is 4.89. The zero-order valence-electron chi connectivity index (χ0n) is 9.09. The Morgan fingerprint density at radius 2 is 2.12 bits per heavy atom. The van der Waals surface area contributed by atoms with Crippen LogP contribution < -0.4 is 5.73 Å². The summed E-state index contributed by atoms with van der Waals surface area (Å²) in [6.07, 6.45) is 4.54. The average molecular weight is 279 g/mol. The van der Waals surface area contributed by atoms with E-state index in [1.807, 2.05) is 0 Å². The van der Waals surface area contributed by atoms with Crippen molar-refractivity contribution in [2.75, 3.05) is 0 Å². The molecule has 2 nitrogen and oxygen atoms in total. The summed E-state index contributed by atoms with van der Waals surface area (Å²) in [6, 6.07) is 8.54. The maximum absolute atomic E-state index is 6.09. The number of aryl methyl sites for hydroxylation is 1. The molecule has 0 radical (unpaired) electrons. The van der Waals surface area contributed by atoms with Crippen LogP contribution in [0.2, 0.25) is 0 Å². The molecule has 0 unspecified atom stereocenters. The molecule has 16 heavy (non-hydrogen) atoms. The third-order valence-electron chi connectivity index (χ3n) is 3.42. The van der Waals surface area contributed by atoms with Crippen molar-refractivity contribution in [3.8, 4) is 0 Å². The van der Waals surface area contributed by atoms with Gasteiger partial charge < -0.3 is 10.7 Å². The predicted molar refractivity (Wildman–Crippen MR) is 70.5 cm³/mol. The summed E-state index contributed by atoms with van der Waals surface area (Å²) < 4.78 is 1.13. The average Bonchev–Trinajstić information content (AvgIpc) is 2.85. The molecule has 0 aliphatic heterocycles. The van der Waals surface area contributed by atoms with Crippen LogP contribution in [-0.2, 0) is 6.42 Å². The zero-order valence-corrected chi connectivity index (χ0v) is 10.7. The molecule has 0 spiro atoms. The summed E-state index contributed by atoms with van der Waals surface area (Å²) >= 11 is 3.49. The summed E-state index contributed by atoms with van der Waals surface area (Å²) in [7, 11) is 0. The molecule has 1 fully saturated rings. The number of H-pyrrole nitrogens is 1. The van der Waals surface area contributed by atoms with Crippen LogP contribution in [0.5, 0.6) is 0 Å². The number of nitrogens with one attached hydrogen (secondary N) is 1. The highest BCUT2D eigenvalue weighted by atomic mass is 79.9. The molecule has 0 bridgehead atoms. The van der Waals surface area contributed by atoms with E-state index in [2.05, 4.69) is 45.2 Å². The van der Waals surface area contributed by atoms with Crippen molar-refractivity contribution in [2.45, 2.75) is 31.2 Å². The van der Waals surface area contributed by atoms with Gasteiger partial charge in [0.2, 0.25) is 0 Å². The highest BCUT2D eigenvalue weighted by molar-refractivity contribution is 9.10. The number of hydrogen-bond acceptors (Lipinski definition) is 1. The third kappa shape index (κ3) is 2.02. The highest BCUT2D eigenvalue weighted by Crippen LogP contribution is 2.36. The molecule has 0 saturated heterocycles. The van der Waals surface area contributed by atoms with Gasteiger partial charge in [0.1, 0.15) is 0 Å². The summed E-state index contributed by atoms with van der Waals surface area (Å²) in [5.74, 6) is 0. The summed E-state index contributed by atoms with van der Waals surface area (Å²) in [4.78, 5) is 3.45. The fourth-order valence-corrected chi connectivity index (χ4v) is 2.47. The van der Waals surface area contributed by atoms with E-state index in [4.69, 9.17) is 5.73 Å². The summed E-state index contributed by atoms with van der Waals surface area (Å²) in [5, 5.41) is 1.27. The van der Waals surface area contributed by atoms with Gasteiger partial charge >= 0.3 is 0 Å². The van der Waals surface area contributed by atoms with E-state index in [-0.39, 0.29) is 5.54 Å². The van der Waals surface area contributed by atoms with Crippen molar-refractivity contribution in [2.24, 2.45) is 5.73 Å². The van der Waals surface area contributed by atoms with Crippen LogP contribution in [0.1, 0.15) is 25.0 Å². The molecule has 0 atom stereocenters. The molecule has 0 amide bonds. The number of aromatic nitrogens is 1. The molecule has 1 aromatic heterocycles. The standard InChI is InChI=1S/C13H15BrN2/c14-10-1-2-12-9(7-10)8-11(16-12)3-4-13(15)5-6-13/h1-2,7-8,16H,3-6,15H2. The van der Waals surface area contributed by atoms with Gasteiger partial charge in [-0.2, -0.15) is 0 Å². The van der Waals surface area contributed by atoms with E-state index in [1.165, 1.54) is 29.4 Å². The third-order valence-corrected chi connectivity index (χ3v) is 3.92. The maximum atomic E-state index is 6.09. The van der Waals surface area contributed by atoms with Gasteiger partial charge in [-0.05, 0) is 49.9 Å². The lowest BCUT2D eigenvalue weighted by Gasteiger charge is -2.05. The largest absolute Gasteiger partial charge is 0.358 e. The first-order chi connectivity index (χ1) is 7.65. The van der Waals surface area contributed by atoms with Gasteiger partial charge in [-0.1, -0.05) is 15.9 Å². The van der Waals surface area contributed by atoms with Crippen LogP contribution in [0, 0.1) is 0 Å². The Morgan fingerprint density at radius 3 is 2.88 bits per heavy atom. The molecule has 84 valence electrons. The Morgan fingerprint density at radius 1 is 1.31 bits per heavy atom. The lowest BCUT2D eigenvalue weighted by Crippen LogP contribution is -2.22. The maximum Gasteiger partial charge on any atom is 0.0456 e. The molecule has 1 aliphatic rings. The normalized spacial score (nSPS) is 17.9. The Hall–Kier alpha value is -0.800. The van der Waals surface area contributed by atoms with Crippen LogP contribution in [0.3, 0.4) is 0 Å². The zero-order chi connectivity index (χ0) is 11.2. The molecule has 3 N–H and O–H groups in total. The SMILES string of the molecule is NC1(CCc2cc3cc(Br)ccc3[nH]2)CC1. The van der Waals surface area contributed by atoms with Crippen LogP contribution in [-0.4, -0.2) is 10.5 Å². The van der Waals surface area contributed by atoms with Gasteiger partial charge in [0.15, 0.2) is 0 Å². The molecule has 2 aromatic rings. The molecule has 3 heteroatoms. The Balaban J connectivity index is 1.82. The molecule has 1 saturated carbocycles. The van der Waals surface area contributed by atoms with Gasteiger partial charge in [0.25, 0.3) is 0 Å². The van der Waals surface area contributed by atoms with Crippen LogP contribution in [0.25, 0.3) is 10.9 Å². The Bertz CT molecular complexity index is 526. The number of hydrogen-bond donors (Lipinski definition) is 2. The van der Waals surface area contributed by atoms with Gasteiger partial charge in [0.05, 0.1) is 0 Å². The van der Waals surface area contributed by atoms with Gasteiger partial charge in [-0.15, -0.1) is 0 Å². The number of nitrogens with two attached hydrogens (primary N) is 1. The molecule has 1 aliphatic carbocycles. The second kappa shape index (κ2) is 3.60. The highest BCUT2D eigenvalue weighted by Gasteiger charge is 2.37. The van der Waals surface area contributed by atoms with E-state index < -0.39 is 0 Å².